The number of H-pyrrole nitrogens is 1. The van der Waals surface area contributed by atoms with Crippen LogP contribution in [0.4, 0.5) is 5.69 Å². The highest BCUT2D eigenvalue weighted by Gasteiger charge is 2.25. The lowest BCUT2D eigenvalue weighted by Crippen LogP contribution is -2.43. The van der Waals surface area contributed by atoms with Crippen LogP contribution in [0.25, 0.3) is 11.0 Å². The third kappa shape index (κ3) is 2.23. The normalized spacial score (nSPS) is 10.5. The van der Waals surface area contributed by atoms with E-state index in [1.165, 1.54) is 17.3 Å². The molecule has 0 bridgehead atoms. The smallest absolute Gasteiger partial charge is 0.268 e. The Morgan fingerprint density at radius 1 is 1.43 bits per heavy atom. The molecule has 106 valence electrons. The Kier molecular flexibility index (Phi) is 3.32. The predicted molar refractivity (Wildman–Crippen MR) is 79.6 cm³/mol. The Hall–Kier alpha value is -2.81. The van der Waals surface area contributed by atoms with Gasteiger partial charge < -0.3 is 5.32 Å². The zero-order chi connectivity index (χ0) is 14.8. The van der Waals surface area contributed by atoms with Crippen molar-refractivity contribution < 1.29 is 4.79 Å². The van der Waals surface area contributed by atoms with Crippen molar-refractivity contribution >= 4 is 40.3 Å². The number of hydrogen-bond donors (Lipinski definition) is 3. The van der Waals surface area contributed by atoms with Crippen LogP contribution in [0.5, 0.6) is 0 Å². The molecule has 1 aromatic carbocycles. The topological polar surface area (TPSA) is 111 Å². The highest BCUT2D eigenvalue weighted by Crippen LogP contribution is 2.26. The first-order chi connectivity index (χ1) is 10.2. The van der Waals surface area contributed by atoms with Gasteiger partial charge >= 0.3 is 0 Å². The summed E-state index contributed by atoms with van der Waals surface area (Å²) in [7, 11) is 1.58. The number of hydrogen-bond acceptors (Lipinski definition) is 6. The van der Waals surface area contributed by atoms with Gasteiger partial charge in [-0.2, -0.15) is 13.8 Å². The van der Waals surface area contributed by atoms with E-state index in [-0.39, 0.29) is 11.9 Å². The standard InChI is InChI=1S/C12H11N7OS/c1-14-12(13)19(11(20)7-5-15-16-6-7)9-4-2-3-8-10(9)18-21-17-8/h2-6H,1H3,(H2,13,14)(H,15,16). The summed E-state index contributed by atoms with van der Waals surface area (Å²) in [5.74, 6) is -0.426. The number of rotatable bonds is 2. The highest BCUT2D eigenvalue weighted by molar-refractivity contribution is 7.00. The molecule has 0 spiro atoms. The van der Waals surface area contributed by atoms with Gasteiger partial charge in [0, 0.05) is 13.2 Å². The minimum atomic E-state index is -0.372. The van der Waals surface area contributed by atoms with Gasteiger partial charge in [-0.25, -0.2) is 4.90 Å². The molecule has 3 aromatic rings. The van der Waals surface area contributed by atoms with Crippen molar-refractivity contribution in [1.82, 2.24) is 24.3 Å². The molecule has 0 unspecified atom stereocenters. The number of guanidine groups is 1. The van der Waals surface area contributed by atoms with Crippen LogP contribution < -0.4 is 10.2 Å². The third-order valence-corrected chi connectivity index (χ3v) is 3.46. The van der Waals surface area contributed by atoms with Gasteiger partial charge in [0.2, 0.25) is 5.96 Å². The number of amides is 1. The van der Waals surface area contributed by atoms with Gasteiger partial charge in [0.1, 0.15) is 11.0 Å². The van der Waals surface area contributed by atoms with Crippen molar-refractivity contribution in [1.29, 1.82) is 5.41 Å². The van der Waals surface area contributed by atoms with Gasteiger partial charge in [-0.15, -0.1) is 0 Å². The van der Waals surface area contributed by atoms with Crippen LogP contribution in [0.2, 0.25) is 0 Å². The summed E-state index contributed by atoms with van der Waals surface area (Å²) in [5.41, 5.74) is 2.13. The molecule has 0 aliphatic rings. The predicted octanol–water partition coefficient (Wildman–Crippen LogP) is 1.22. The fourth-order valence-corrected chi connectivity index (χ4v) is 2.46. The number of nitrogens with one attached hydrogen (secondary N) is 3. The van der Waals surface area contributed by atoms with Crippen molar-refractivity contribution in [2.75, 3.05) is 11.9 Å². The molecule has 0 aliphatic heterocycles. The highest BCUT2D eigenvalue weighted by atomic mass is 32.1. The number of benzene rings is 1. The van der Waals surface area contributed by atoms with Gasteiger partial charge in [0.05, 0.1) is 29.2 Å². The summed E-state index contributed by atoms with van der Waals surface area (Å²) < 4.78 is 8.36. The van der Waals surface area contributed by atoms with Gasteiger partial charge in [0.25, 0.3) is 5.91 Å². The summed E-state index contributed by atoms with van der Waals surface area (Å²) in [6.07, 6.45) is 2.90. The van der Waals surface area contributed by atoms with E-state index in [1.807, 2.05) is 6.07 Å². The summed E-state index contributed by atoms with van der Waals surface area (Å²) in [6.45, 7) is 0. The Labute approximate surface area is 123 Å². The van der Waals surface area contributed by atoms with Crippen LogP contribution in [-0.4, -0.2) is 37.9 Å². The van der Waals surface area contributed by atoms with Crippen LogP contribution in [0.15, 0.2) is 30.6 Å². The van der Waals surface area contributed by atoms with Crippen molar-refractivity contribution in [3.8, 4) is 0 Å². The van der Waals surface area contributed by atoms with Crippen LogP contribution in [0.1, 0.15) is 10.4 Å². The number of aromatic nitrogens is 4. The first kappa shape index (κ1) is 13.2. The maximum absolute atomic E-state index is 12.6. The first-order valence-corrected chi connectivity index (χ1v) is 6.76. The van der Waals surface area contributed by atoms with E-state index in [0.717, 1.165) is 11.7 Å². The molecule has 3 rings (SSSR count). The zero-order valence-corrected chi connectivity index (χ0v) is 11.8. The number of nitrogens with zero attached hydrogens (tertiary/aromatic N) is 4. The molecule has 9 heteroatoms. The maximum atomic E-state index is 12.6. The summed E-state index contributed by atoms with van der Waals surface area (Å²) in [4.78, 5) is 13.9. The van der Waals surface area contributed by atoms with Crippen molar-refractivity contribution in [3.63, 3.8) is 0 Å². The van der Waals surface area contributed by atoms with Crippen molar-refractivity contribution in [3.05, 3.63) is 36.2 Å². The van der Waals surface area contributed by atoms with Crippen LogP contribution in [0.3, 0.4) is 0 Å². The Balaban J connectivity index is 2.14. The average molecular weight is 301 g/mol. The van der Waals surface area contributed by atoms with E-state index in [4.69, 9.17) is 5.41 Å². The molecule has 2 heterocycles. The van der Waals surface area contributed by atoms with E-state index < -0.39 is 0 Å². The average Bonchev–Trinajstić information content (AvgIpc) is 3.18. The van der Waals surface area contributed by atoms with Crippen LogP contribution in [-0.2, 0) is 0 Å². The second-order valence-electron chi connectivity index (χ2n) is 4.14. The second-order valence-corrected chi connectivity index (χ2v) is 4.66. The fraction of sp³-hybridized carbons (Fsp3) is 0.0833. The molecule has 1 amide bonds. The van der Waals surface area contributed by atoms with Crippen LogP contribution in [0, 0.1) is 5.41 Å². The second kappa shape index (κ2) is 5.29. The molecule has 0 fully saturated rings. The van der Waals surface area contributed by atoms with E-state index in [9.17, 15) is 4.79 Å². The SMILES string of the molecule is CNC(=N)N(C(=O)c1cn[nH]c1)c1cccc2nsnc12. The largest absolute Gasteiger partial charge is 0.359 e. The van der Waals surface area contributed by atoms with E-state index in [2.05, 4.69) is 24.3 Å². The Bertz CT molecular complexity index is 795. The minimum absolute atomic E-state index is 0.0540. The summed E-state index contributed by atoms with van der Waals surface area (Å²) in [5, 5.41) is 17.0. The van der Waals surface area contributed by atoms with Crippen molar-refractivity contribution in [2.24, 2.45) is 0 Å². The molecule has 0 saturated carbocycles. The van der Waals surface area contributed by atoms with E-state index >= 15 is 0 Å². The van der Waals surface area contributed by atoms with E-state index in [1.54, 1.807) is 19.2 Å². The number of aromatic amines is 1. The summed E-state index contributed by atoms with van der Waals surface area (Å²) in [6, 6.07) is 5.32. The zero-order valence-electron chi connectivity index (χ0n) is 11.0. The quantitative estimate of drug-likeness (QED) is 0.487. The van der Waals surface area contributed by atoms with Gasteiger partial charge in [-0.3, -0.25) is 15.3 Å². The van der Waals surface area contributed by atoms with Crippen molar-refractivity contribution in [2.45, 2.75) is 0 Å². The Morgan fingerprint density at radius 3 is 3.00 bits per heavy atom. The minimum Gasteiger partial charge on any atom is -0.359 e. The number of carbonyl (C=O) groups excluding carboxylic acids is 1. The monoisotopic (exact) mass is 301 g/mol. The first-order valence-electron chi connectivity index (χ1n) is 6.03. The lowest BCUT2D eigenvalue weighted by molar-refractivity contribution is 0.100. The molecule has 21 heavy (non-hydrogen) atoms. The lowest BCUT2D eigenvalue weighted by Gasteiger charge is -2.22. The number of carbonyl (C=O) groups is 1. The fourth-order valence-electron chi connectivity index (χ4n) is 1.91. The van der Waals surface area contributed by atoms with Crippen LogP contribution >= 0.6 is 11.7 Å². The lowest BCUT2D eigenvalue weighted by atomic mass is 10.2. The summed E-state index contributed by atoms with van der Waals surface area (Å²) >= 11 is 1.07. The van der Waals surface area contributed by atoms with Gasteiger partial charge in [-0.1, -0.05) is 6.07 Å². The molecule has 0 aliphatic carbocycles. The molecular weight excluding hydrogens is 290 g/mol. The molecule has 0 saturated heterocycles. The molecule has 2 aromatic heterocycles. The molecule has 3 N–H and O–H groups in total. The molecule has 0 radical (unpaired) electrons. The Morgan fingerprint density at radius 2 is 2.29 bits per heavy atom. The van der Waals surface area contributed by atoms with Gasteiger partial charge in [-0.05, 0) is 12.1 Å². The van der Waals surface area contributed by atoms with Gasteiger partial charge in [0.15, 0.2) is 0 Å². The molecular formula is C12H11N7OS. The maximum Gasteiger partial charge on any atom is 0.268 e. The number of anilines is 1. The van der Waals surface area contributed by atoms with E-state index in [0.29, 0.717) is 22.3 Å². The third-order valence-electron chi connectivity index (χ3n) is 2.91. The molecule has 8 nitrogen and oxygen atoms in total. The number of fused-ring (bicyclic) bond motifs is 1. The molecule has 0 atom stereocenters.